The first-order valence-corrected chi connectivity index (χ1v) is 8.83. The third kappa shape index (κ3) is 3.54. The van der Waals surface area contributed by atoms with Gasteiger partial charge in [0.15, 0.2) is 21.5 Å². The minimum atomic E-state index is -3.08. The second-order valence-electron chi connectivity index (χ2n) is 4.87. The van der Waals surface area contributed by atoms with Crippen molar-refractivity contribution in [2.45, 2.75) is 35.8 Å². The van der Waals surface area contributed by atoms with Gasteiger partial charge < -0.3 is 0 Å². The Morgan fingerprint density at radius 3 is 2.63 bits per heavy atom. The van der Waals surface area contributed by atoms with E-state index in [9.17, 15) is 17.2 Å². The molecule has 2 nitrogen and oxygen atoms in total. The molecule has 6 heteroatoms. The van der Waals surface area contributed by atoms with Gasteiger partial charge in [-0.05, 0) is 37.0 Å². The van der Waals surface area contributed by atoms with Crippen LogP contribution < -0.4 is 0 Å². The van der Waals surface area contributed by atoms with Crippen LogP contribution in [0.15, 0.2) is 18.2 Å². The van der Waals surface area contributed by atoms with Gasteiger partial charge in [-0.1, -0.05) is 28.4 Å². The summed E-state index contributed by atoms with van der Waals surface area (Å²) >= 11 is 3.40. The van der Waals surface area contributed by atoms with Crippen LogP contribution in [-0.4, -0.2) is 24.2 Å². The molecule has 2 rings (SSSR count). The van der Waals surface area contributed by atoms with Crippen molar-refractivity contribution < 1.29 is 17.2 Å². The lowest BCUT2D eigenvalue weighted by Gasteiger charge is -2.26. The van der Waals surface area contributed by atoms with Crippen LogP contribution in [0.25, 0.3) is 0 Å². The minimum absolute atomic E-state index is 0.220. The third-order valence-electron chi connectivity index (χ3n) is 3.45. The predicted molar refractivity (Wildman–Crippen MR) is 74.2 cm³/mol. The fourth-order valence-electron chi connectivity index (χ4n) is 2.41. The summed E-state index contributed by atoms with van der Waals surface area (Å²) in [5.41, 5.74) is 0.599. The number of alkyl halides is 1. The van der Waals surface area contributed by atoms with Crippen LogP contribution >= 0.6 is 15.9 Å². The highest BCUT2D eigenvalue weighted by atomic mass is 79.9. The molecule has 2 atom stereocenters. The Labute approximate surface area is 120 Å². The summed E-state index contributed by atoms with van der Waals surface area (Å²) in [6, 6.07) is 3.68. The molecule has 0 aromatic heterocycles. The van der Waals surface area contributed by atoms with E-state index in [0.717, 1.165) is 18.6 Å². The first-order valence-electron chi connectivity index (χ1n) is 6.20. The molecule has 0 N–H and O–H groups in total. The Kier molecular flexibility index (Phi) is 4.61. The van der Waals surface area contributed by atoms with Gasteiger partial charge in [0.2, 0.25) is 0 Å². The minimum Gasteiger partial charge on any atom is -0.229 e. The third-order valence-corrected chi connectivity index (χ3v) is 7.10. The molecule has 0 radical (unpaired) electrons. The highest BCUT2D eigenvalue weighted by Gasteiger charge is 2.34. The highest BCUT2D eigenvalue weighted by molar-refractivity contribution is 9.09. The largest absolute Gasteiger partial charge is 0.229 e. The molecule has 0 aliphatic carbocycles. The fourth-order valence-corrected chi connectivity index (χ4v) is 6.01. The Hall–Kier alpha value is -0.490. The standard InChI is InChI=1S/C13H15BrF2O2S/c14-10(13-3-1-2-6-19(13,17)18)7-9-4-5-11(15)12(16)8-9/h4-5,8,10,13H,1-3,6-7H2. The van der Waals surface area contributed by atoms with Crippen LogP contribution in [0, 0.1) is 11.6 Å². The summed E-state index contributed by atoms with van der Waals surface area (Å²) in [7, 11) is -3.08. The Morgan fingerprint density at radius 1 is 1.26 bits per heavy atom. The molecule has 0 amide bonds. The predicted octanol–water partition coefficient (Wildman–Crippen LogP) is 3.24. The van der Waals surface area contributed by atoms with Crippen molar-refractivity contribution in [3.8, 4) is 0 Å². The summed E-state index contributed by atoms with van der Waals surface area (Å²) in [5.74, 6) is -1.57. The van der Waals surface area contributed by atoms with Gasteiger partial charge in [0.05, 0.1) is 11.0 Å². The van der Waals surface area contributed by atoms with Crippen molar-refractivity contribution >= 4 is 25.8 Å². The van der Waals surface area contributed by atoms with Gasteiger partial charge in [-0.2, -0.15) is 0 Å². The first-order chi connectivity index (χ1) is 8.90. The molecule has 1 aromatic carbocycles. The van der Waals surface area contributed by atoms with Gasteiger partial charge in [0.25, 0.3) is 0 Å². The zero-order chi connectivity index (χ0) is 14.0. The van der Waals surface area contributed by atoms with E-state index in [1.165, 1.54) is 6.07 Å². The normalized spacial score (nSPS) is 24.1. The summed E-state index contributed by atoms with van der Waals surface area (Å²) < 4.78 is 49.9. The summed E-state index contributed by atoms with van der Waals surface area (Å²) in [6.45, 7) is 0. The fraction of sp³-hybridized carbons (Fsp3) is 0.538. The molecule has 1 fully saturated rings. The number of hydrogen-bond acceptors (Lipinski definition) is 2. The van der Waals surface area contributed by atoms with E-state index >= 15 is 0 Å². The molecule has 19 heavy (non-hydrogen) atoms. The van der Waals surface area contributed by atoms with E-state index in [-0.39, 0.29) is 10.6 Å². The van der Waals surface area contributed by atoms with Crippen LogP contribution in [0.3, 0.4) is 0 Å². The van der Waals surface area contributed by atoms with Crippen LogP contribution in [0.1, 0.15) is 24.8 Å². The zero-order valence-corrected chi connectivity index (χ0v) is 12.7. The number of rotatable bonds is 3. The van der Waals surface area contributed by atoms with Gasteiger partial charge in [-0.15, -0.1) is 0 Å². The van der Waals surface area contributed by atoms with Crippen LogP contribution in [-0.2, 0) is 16.3 Å². The monoisotopic (exact) mass is 352 g/mol. The van der Waals surface area contributed by atoms with E-state index < -0.39 is 26.7 Å². The number of halogens is 3. The van der Waals surface area contributed by atoms with Crippen molar-refractivity contribution in [2.75, 3.05) is 5.75 Å². The van der Waals surface area contributed by atoms with Crippen molar-refractivity contribution in [3.63, 3.8) is 0 Å². The molecule has 1 saturated heterocycles. The summed E-state index contributed by atoms with van der Waals surface area (Å²) in [4.78, 5) is -0.261. The molecule has 106 valence electrons. The topological polar surface area (TPSA) is 34.1 Å². The average Bonchev–Trinajstić information content (AvgIpc) is 2.33. The Balaban J connectivity index is 2.11. The second kappa shape index (κ2) is 5.87. The molecule has 0 saturated carbocycles. The molecule has 0 bridgehead atoms. The van der Waals surface area contributed by atoms with E-state index in [2.05, 4.69) is 15.9 Å². The van der Waals surface area contributed by atoms with Crippen LogP contribution in [0.4, 0.5) is 8.78 Å². The smallest absolute Gasteiger partial charge is 0.159 e. The van der Waals surface area contributed by atoms with E-state index in [4.69, 9.17) is 0 Å². The summed E-state index contributed by atoms with van der Waals surface area (Å²) in [6.07, 6.45) is 2.61. The molecular weight excluding hydrogens is 338 g/mol. The molecule has 2 unspecified atom stereocenters. The maximum Gasteiger partial charge on any atom is 0.159 e. The maximum atomic E-state index is 13.1. The second-order valence-corrected chi connectivity index (χ2v) is 8.39. The SMILES string of the molecule is O=S1(=O)CCCCC1C(Br)Cc1ccc(F)c(F)c1. The van der Waals surface area contributed by atoms with E-state index in [1.54, 1.807) is 0 Å². The molecule has 1 aromatic rings. The molecule has 1 aliphatic rings. The first kappa shape index (κ1) is 14.9. The molecule has 0 spiro atoms. The molecule has 1 aliphatic heterocycles. The van der Waals surface area contributed by atoms with Crippen molar-refractivity contribution in [1.82, 2.24) is 0 Å². The van der Waals surface area contributed by atoms with Gasteiger partial charge in [0, 0.05) is 4.83 Å². The quantitative estimate of drug-likeness (QED) is 0.782. The number of sulfone groups is 1. The van der Waals surface area contributed by atoms with Crippen molar-refractivity contribution in [2.24, 2.45) is 0 Å². The van der Waals surface area contributed by atoms with Crippen LogP contribution in [0.5, 0.6) is 0 Å². The van der Waals surface area contributed by atoms with Crippen LogP contribution in [0.2, 0.25) is 0 Å². The van der Waals surface area contributed by atoms with E-state index in [0.29, 0.717) is 24.8 Å². The molecule has 1 heterocycles. The van der Waals surface area contributed by atoms with Gasteiger partial charge in [-0.3, -0.25) is 0 Å². The zero-order valence-electron chi connectivity index (χ0n) is 10.3. The van der Waals surface area contributed by atoms with Crippen molar-refractivity contribution in [3.05, 3.63) is 35.4 Å². The maximum absolute atomic E-state index is 13.1. The Bertz CT molecular complexity index is 560. The Morgan fingerprint density at radius 2 is 2.00 bits per heavy atom. The lowest BCUT2D eigenvalue weighted by Crippen LogP contribution is -2.36. The van der Waals surface area contributed by atoms with Gasteiger partial charge >= 0.3 is 0 Å². The lowest BCUT2D eigenvalue weighted by molar-refractivity contribution is 0.505. The van der Waals surface area contributed by atoms with E-state index in [1.807, 2.05) is 0 Å². The molecular formula is C13H15BrF2O2S. The lowest BCUT2D eigenvalue weighted by atomic mass is 10.0. The van der Waals surface area contributed by atoms with Gasteiger partial charge in [-0.25, -0.2) is 17.2 Å². The van der Waals surface area contributed by atoms with Crippen molar-refractivity contribution in [1.29, 1.82) is 0 Å². The number of hydrogen-bond donors (Lipinski definition) is 0. The summed E-state index contributed by atoms with van der Waals surface area (Å²) in [5, 5.41) is -0.436. The highest BCUT2D eigenvalue weighted by Crippen LogP contribution is 2.28. The number of benzene rings is 1. The average molecular weight is 353 g/mol. The van der Waals surface area contributed by atoms with Gasteiger partial charge in [0.1, 0.15) is 0 Å².